The molecule has 108 valence electrons. The Morgan fingerprint density at radius 1 is 1.15 bits per heavy atom. The second-order valence-corrected chi connectivity index (χ2v) is 6.15. The van der Waals surface area contributed by atoms with Crippen LogP contribution in [0.4, 0.5) is 0 Å². The van der Waals surface area contributed by atoms with Gasteiger partial charge < -0.3 is 10.4 Å². The predicted octanol–water partition coefficient (Wildman–Crippen LogP) is 3.68. The van der Waals surface area contributed by atoms with Crippen LogP contribution in [0.3, 0.4) is 0 Å². The Balaban J connectivity index is 1.85. The van der Waals surface area contributed by atoms with Gasteiger partial charge in [0.2, 0.25) is 0 Å². The molecule has 0 saturated heterocycles. The number of aliphatic hydroxyl groups is 1. The van der Waals surface area contributed by atoms with Crippen molar-refractivity contribution in [3.8, 4) is 0 Å². The van der Waals surface area contributed by atoms with Gasteiger partial charge in [0.25, 0.3) is 0 Å². The normalized spacial score (nSPS) is 12.7. The summed E-state index contributed by atoms with van der Waals surface area (Å²) >= 11 is 1.86. The van der Waals surface area contributed by atoms with Crippen molar-refractivity contribution in [3.05, 3.63) is 42.5 Å². The maximum atomic E-state index is 9.32. The Morgan fingerprint density at radius 2 is 1.95 bits per heavy atom. The number of hydrogen-bond donors (Lipinski definition) is 2. The van der Waals surface area contributed by atoms with Gasteiger partial charge >= 0.3 is 0 Å². The highest BCUT2D eigenvalue weighted by molar-refractivity contribution is 7.99. The van der Waals surface area contributed by atoms with E-state index in [9.17, 15) is 5.11 Å². The van der Waals surface area contributed by atoms with Crippen LogP contribution in [0.5, 0.6) is 0 Å². The third-order valence-corrected chi connectivity index (χ3v) is 4.39. The summed E-state index contributed by atoms with van der Waals surface area (Å²) < 4.78 is 0. The highest BCUT2D eigenvalue weighted by Crippen LogP contribution is 2.24. The summed E-state index contributed by atoms with van der Waals surface area (Å²) in [6.45, 7) is 3.34. The zero-order chi connectivity index (χ0) is 14.2. The number of fused-ring (bicyclic) bond motifs is 1. The van der Waals surface area contributed by atoms with Gasteiger partial charge in [0.05, 0.1) is 6.61 Å². The lowest BCUT2D eigenvalue weighted by Gasteiger charge is -2.15. The number of nitrogens with one attached hydrogen (secondary N) is 1. The minimum atomic E-state index is 0.221. The van der Waals surface area contributed by atoms with Gasteiger partial charge in [-0.15, -0.1) is 11.8 Å². The fraction of sp³-hybridized carbons (Fsp3) is 0.412. The molecule has 2 nitrogen and oxygen atoms in total. The minimum absolute atomic E-state index is 0.221. The molecule has 0 aromatic heterocycles. The molecule has 0 aliphatic carbocycles. The van der Waals surface area contributed by atoms with E-state index in [1.165, 1.54) is 15.7 Å². The summed E-state index contributed by atoms with van der Waals surface area (Å²) in [5.74, 6) is 1.03. The molecule has 0 spiro atoms. The van der Waals surface area contributed by atoms with E-state index < -0.39 is 0 Å². The second-order valence-electron chi connectivity index (χ2n) is 4.98. The lowest BCUT2D eigenvalue weighted by Crippen LogP contribution is -2.33. The first-order chi connectivity index (χ1) is 9.83. The molecule has 1 unspecified atom stereocenters. The van der Waals surface area contributed by atoms with Crippen molar-refractivity contribution in [2.75, 3.05) is 18.9 Å². The molecule has 0 amide bonds. The van der Waals surface area contributed by atoms with Crippen LogP contribution in [0.15, 0.2) is 47.4 Å². The zero-order valence-electron chi connectivity index (χ0n) is 12.0. The molecule has 0 radical (unpaired) electrons. The molecular weight excluding hydrogens is 266 g/mol. The van der Waals surface area contributed by atoms with Gasteiger partial charge in [-0.2, -0.15) is 0 Å². The van der Waals surface area contributed by atoms with Crippen LogP contribution in [0.1, 0.15) is 19.8 Å². The molecule has 2 aromatic rings. The largest absolute Gasteiger partial charge is 0.395 e. The molecule has 0 heterocycles. The molecule has 0 aliphatic heterocycles. The molecule has 20 heavy (non-hydrogen) atoms. The van der Waals surface area contributed by atoms with E-state index in [-0.39, 0.29) is 12.6 Å². The van der Waals surface area contributed by atoms with Crippen molar-refractivity contribution in [1.29, 1.82) is 0 Å². The Hall–Kier alpha value is -1.03. The van der Waals surface area contributed by atoms with E-state index in [4.69, 9.17) is 0 Å². The van der Waals surface area contributed by atoms with Crippen molar-refractivity contribution in [3.63, 3.8) is 0 Å². The van der Waals surface area contributed by atoms with E-state index >= 15 is 0 Å². The van der Waals surface area contributed by atoms with Crippen LogP contribution in [-0.4, -0.2) is 30.1 Å². The third-order valence-electron chi connectivity index (χ3n) is 3.36. The standard InChI is InChI=1S/C17H23NOS/c1-2-10-18-16(13-19)9-11-20-17-8-7-14-5-3-4-6-15(14)12-17/h3-8,12,16,18-19H,2,9-11,13H2,1H3. The van der Waals surface area contributed by atoms with E-state index in [2.05, 4.69) is 54.7 Å². The fourth-order valence-corrected chi connectivity index (χ4v) is 3.20. The highest BCUT2D eigenvalue weighted by Gasteiger charge is 2.06. The molecular formula is C17H23NOS. The van der Waals surface area contributed by atoms with Crippen molar-refractivity contribution in [2.45, 2.75) is 30.7 Å². The first kappa shape index (κ1) is 15.4. The molecule has 0 aliphatic rings. The number of thioether (sulfide) groups is 1. The number of benzene rings is 2. The SMILES string of the molecule is CCCNC(CO)CCSc1ccc2ccccc2c1. The van der Waals surface area contributed by atoms with Gasteiger partial charge in [0.15, 0.2) is 0 Å². The van der Waals surface area contributed by atoms with Crippen LogP contribution in [0.2, 0.25) is 0 Å². The molecule has 0 saturated carbocycles. The number of aliphatic hydroxyl groups excluding tert-OH is 1. The van der Waals surface area contributed by atoms with E-state index in [0.29, 0.717) is 0 Å². The van der Waals surface area contributed by atoms with Gasteiger partial charge in [-0.05, 0) is 48.0 Å². The Kier molecular flexibility index (Phi) is 6.37. The van der Waals surface area contributed by atoms with Crippen molar-refractivity contribution in [1.82, 2.24) is 5.32 Å². The topological polar surface area (TPSA) is 32.3 Å². The van der Waals surface area contributed by atoms with Crippen LogP contribution < -0.4 is 5.32 Å². The van der Waals surface area contributed by atoms with Crippen molar-refractivity contribution >= 4 is 22.5 Å². The molecule has 0 bridgehead atoms. The van der Waals surface area contributed by atoms with Crippen LogP contribution in [0, 0.1) is 0 Å². The summed E-state index contributed by atoms with van der Waals surface area (Å²) in [5.41, 5.74) is 0. The second kappa shape index (κ2) is 8.30. The summed E-state index contributed by atoms with van der Waals surface area (Å²) in [6.07, 6.45) is 2.10. The number of hydrogen-bond acceptors (Lipinski definition) is 3. The molecule has 0 fully saturated rings. The van der Waals surface area contributed by atoms with Crippen molar-refractivity contribution < 1.29 is 5.11 Å². The highest BCUT2D eigenvalue weighted by atomic mass is 32.2. The summed E-state index contributed by atoms with van der Waals surface area (Å²) in [6, 6.07) is 15.3. The minimum Gasteiger partial charge on any atom is -0.395 e. The van der Waals surface area contributed by atoms with Crippen LogP contribution in [-0.2, 0) is 0 Å². The lowest BCUT2D eigenvalue weighted by atomic mass is 10.1. The Morgan fingerprint density at radius 3 is 2.70 bits per heavy atom. The van der Waals surface area contributed by atoms with Gasteiger partial charge in [-0.25, -0.2) is 0 Å². The zero-order valence-corrected chi connectivity index (χ0v) is 12.8. The van der Waals surface area contributed by atoms with E-state index in [1.807, 2.05) is 11.8 Å². The fourth-order valence-electron chi connectivity index (χ4n) is 2.18. The third kappa shape index (κ3) is 4.51. The maximum Gasteiger partial charge on any atom is 0.0584 e. The number of rotatable bonds is 8. The smallest absolute Gasteiger partial charge is 0.0584 e. The average molecular weight is 289 g/mol. The van der Waals surface area contributed by atoms with Gasteiger partial charge in [-0.1, -0.05) is 37.3 Å². The van der Waals surface area contributed by atoms with E-state index in [1.54, 1.807) is 0 Å². The van der Waals surface area contributed by atoms with Crippen LogP contribution >= 0.6 is 11.8 Å². The van der Waals surface area contributed by atoms with E-state index in [0.717, 1.165) is 25.1 Å². The first-order valence-electron chi connectivity index (χ1n) is 7.29. The van der Waals surface area contributed by atoms with Gasteiger partial charge in [0.1, 0.15) is 0 Å². The van der Waals surface area contributed by atoms with Crippen LogP contribution in [0.25, 0.3) is 10.8 Å². The Labute approximate surface area is 125 Å². The lowest BCUT2D eigenvalue weighted by molar-refractivity contribution is 0.240. The summed E-state index contributed by atoms with van der Waals surface area (Å²) in [5, 5.41) is 15.3. The predicted molar refractivity (Wildman–Crippen MR) is 88.5 cm³/mol. The summed E-state index contributed by atoms with van der Waals surface area (Å²) in [4.78, 5) is 1.30. The molecule has 3 heteroatoms. The molecule has 2 aromatic carbocycles. The van der Waals surface area contributed by atoms with Gasteiger partial charge in [-0.3, -0.25) is 0 Å². The summed E-state index contributed by atoms with van der Waals surface area (Å²) in [7, 11) is 0. The Bertz CT molecular complexity index is 529. The average Bonchev–Trinajstić information content (AvgIpc) is 2.50. The monoisotopic (exact) mass is 289 g/mol. The van der Waals surface area contributed by atoms with Crippen molar-refractivity contribution in [2.24, 2.45) is 0 Å². The molecule has 2 N–H and O–H groups in total. The first-order valence-corrected chi connectivity index (χ1v) is 8.28. The maximum absolute atomic E-state index is 9.32. The molecule has 2 rings (SSSR count). The van der Waals surface area contributed by atoms with Gasteiger partial charge in [0, 0.05) is 10.9 Å². The quantitative estimate of drug-likeness (QED) is 0.727. The molecule has 1 atom stereocenters.